The number of nitrogens with one attached hydrogen (secondary N) is 3. The summed E-state index contributed by atoms with van der Waals surface area (Å²) < 4.78 is -1.82. The molecule has 2 aromatic rings. The zero-order valence-electron chi connectivity index (χ0n) is 15.3. The van der Waals surface area contributed by atoms with Gasteiger partial charge in [-0.1, -0.05) is 82.8 Å². The Labute approximate surface area is 185 Å². The van der Waals surface area contributed by atoms with Crippen LogP contribution in [0.15, 0.2) is 54.6 Å². The Kier molecular flexibility index (Phi) is 8.13. The minimum absolute atomic E-state index is 0.218. The molecule has 0 saturated carbocycles. The van der Waals surface area contributed by atoms with Gasteiger partial charge in [-0.05, 0) is 49.3 Å². The van der Waals surface area contributed by atoms with E-state index in [1.807, 2.05) is 62.4 Å². The van der Waals surface area contributed by atoms with E-state index in [0.717, 1.165) is 22.4 Å². The van der Waals surface area contributed by atoms with E-state index in [0.29, 0.717) is 0 Å². The van der Waals surface area contributed by atoms with E-state index in [9.17, 15) is 4.79 Å². The van der Waals surface area contributed by atoms with Crippen molar-refractivity contribution in [1.29, 1.82) is 0 Å². The molecule has 4 nitrogen and oxygen atoms in total. The van der Waals surface area contributed by atoms with Gasteiger partial charge in [-0.2, -0.15) is 0 Å². The zero-order valence-corrected chi connectivity index (χ0v) is 18.4. The fourth-order valence-corrected chi connectivity index (χ4v) is 2.92. The van der Waals surface area contributed by atoms with E-state index in [1.165, 1.54) is 6.08 Å². The number of hydrogen-bond acceptors (Lipinski definition) is 2. The van der Waals surface area contributed by atoms with Crippen molar-refractivity contribution in [2.45, 2.75) is 23.8 Å². The fourth-order valence-electron chi connectivity index (χ4n) is 2.37. The molecule has 3 N–H and O–H groups in total. The molecule has 1 atom stereocenters. The summed E-state index contributed by atoms with van der Waals surface area (Å²) in [5, 5.41) is 8.71. The molecule has 2 rings (SSSR count). The third kappa shape index (κ3) is 7.32. The first-order chi connectivity index (χ1) is 13.1. The van der Waals surface area contributed by atoms with E-state index >= 15 is 0 Å². The Bertz CT molecular complexity index is 867. The number of aryl methyl sites for hydroxylation is 2. The third-order valence-electron chi connectivity index (χ3n) is 3.75. The van der Waals surface area contributed by atoms with Gasteiger partial charge in [-0.25, -0.2) is 0 Å². The van der Waals surface area contributed by atoms with Crippen molar-refractivity contribution >= 4 is 69.8 Å². The summed E-state index contributed by atoms with van der Waals surface area (Å²) in [7, 11) is 0. The highest BCUT2D eigenvalue weighted by molar-refractivity contribution is 7.80. The maximum absolute atomic E-state index is 12.2. The summed E-state index contributed by atoms with van der Waals surface area (Å²) in [5.41, 5.74) is 3.85. The van der Waals surface area contributed by atoms with Gasteiger partial charge >= 0.3 is 0 Å². The lowest BCUT2D eigenvalue weighted by Crippen LogP contribution is -2.55. The molecule has 1 amide bonds. The molecule has 0 heterocycles. The van der Waals surface area contributed by atoms with Crippen molar-refractivity contribution in [1.82, 2.24) is 10.6 Å². The lowest BCUT2D eigenvalue weighted by Gasteiger charge is -2.27. The summed E-state index contributed by atoms with van der Waals surface area (Å²) in [5.74, 6) is -0.429. The molecule has 0 aliphatic rings. The number of carbonyl (C=O) groups excluding carboxylic acids is 1. The Morgan fingerprint density at radius 3 is 2.36 bits per heavy atom. The Morgan fingerprint density at radius 1 is 1.07 bits per heavy atom. The predicted octanol–water partition coefficient (Wildman–Crippen LogP) is 5.12. The van der Waals surface area contributed by atoms with E-state index in [-0.39, 0.29) is 5.11 Å². The van der Waals surface area contributed by atoms with Crippen LogP contribution in [0.2, 0.25) is 0 Å². The van der Waals surface area contributed by atoms with Crippen molar-refractivity contribution < 1.29 is 4.79 Å². The lowest BCUT2D eigenvalue weighted by molar-refractivity contribution is -0.117. The first-order valence-corrected chi connectivity index (χ1v) is 9.94. The number of anilines is 1. The highest BCUT2D eigenvalue weighted by Gasteiger charge is 2.34. The van der Waals surface area contributed by atoms with Crippen LogP contribution in [-0.4, -0.2) is 21.0 Å². The molecule has 0 aromatic heterocycles. The van der Waals surface area contributed by atoms with Crippen LogP contribution in [-0.2, 0) is 4.79 Å². The number of hydrogen-bond donors (Lipinski definition) is 3. The molecule has 0 aliphatic carbocycles. The summed E-state index contributed by atoms with van der Waals surface area (Å²) in [6, 6.07) is 15.3. The summed E-state index contributed by atoms with van der Waals surface area (Å²) in [6.45, 7) is 3.96. The van der Waals surface area contributed by atoms with Crippen molar-refractivity contribution in [2.75, 3.05) is 5.32 Å². The van der Waals surface area contributed by atoms with Crippen LogP contribution >= 0.6 is 47.0 Å². The number of rotatable bonds is 5. The minimum atomic E-state index is -1.82. The summed E-state index contributed by atoms with van der Waals surface area (Å²) >= 11 is 23.3. The topological polar surface area (TPSA) is 53.2 Å². The maximum atomic E-state index is 12.2. The number of alkyl halides is 3. The van der Waals surface area contributed by atoms with Crippen LogP contribution in [0.5, 0.6) is 0 Å². The first-order valence-electron chi connectivity index (χ1n) is 8.40. The second-order valence-corrected chi connectivity index (χ2v) is 8.92. The van der Waals surface area contributed by atoms with Crippen LogP contribution in [0.3, 0.4) is 0 Å². The SMILES string of the molecule is Cc1ccc(NC(=S)N[C@@H](NC(=O)/C=C/c2ccccc2)C(Cl)(Cl)Cl)c(C)c1. The number of thiocarbonyl (C=S) groups is 1. The van der Waals surface area contributed by atoms with Gasteiger partial charge in [0.1, 0.15) is 6.17 Å². The first kappa shape index (κ1) is 22.5. The largest absolute Gasteiger partial charge is 0.339 e. The summed E-state index contributed by atoms with van der Waals surface area (Å²) in [4.78, 5) is 12.2. The normalized spacial score (nSPS) is 12.5. The molecular formula is C20H20Cl3N3OS. The molecule has 0 unspecified atom stereocenters. The molecule has 0 radical (unpaired) electrons. The highest BCUT2D eigenvalue weighted by Crippen LogP contribution is 2.29. The molecule has 0 fully saturated rings. The average molecular weight is 457 g/mol. The maximum Gasteiger partial charge on any atom is 0.245 e. The van der Waals surface area contributed by atoms with Crippen molar-refractivity contribution in [3.05, 3.63) is 71.3 Å². The van der Waals surface area contributed by atoms with Crippen LogP contribution < -0.4 is 16.0 Å². The third-order valence-corrected chi connectivity index (χ3v) is 4.62. The Hall–Kier alpha value is -1.79. The molecule has 148 valence electrons. The fraction of sp³-hybridized carbons (Fsp3) is 0.200. The van der Waals surface area contributed by atoms with Gasteiger partial charge in [0.25, 0.3) is 0 Å². The van der Waals surface area contributed by atoms with Crippen molar-refractivity contribution in [3.63, 3.8) is 0 Å². The standard InChI is InChI=1S/C20H20Cl3N3OS/c1-13-8-10-16(14(2)12-13)24-19(28)26-18(20(21,22)23)25-17(27)11-9-15-6-4-3-5-7-15/h3-12,18H,1-2H3,(H,25,27)(H2,24,26,28)/b11-9+/t18-/m1/s1. The van der Waals surface area contributed by atoms with E-state index in [2.05, 4.69) is 16.0 Å². The van der Waals surface area contributed by atoms with Crippen LogP contribution in [0, 0.1) is 13.8 Å². The Morgan fingerprint density at radius 2 is 1.75 bits per heavy atom. The molecule has 0 spiro atoms. The highest BCUT2D eigenvalue weighted by atomic mass is 35.6. The van der Waals surface area contributed by atoms with Gasteiger partial charge in [0.05, 0.1) is 0 Å². The average Bonchev–Trinajstić information content (AvgIpc) is 2.62. The van der Waals surface area contributed by atoms with Gasteiger partial charge in [0.15, 0.2) is 5.11 Å². The van der Waals surface area contributed by atoms with Gasteiger partial charge in [-0.3, -0.25) is 4.79 Å². The number of halogens is 3. The van der Waals surface area contributed by atoms with Gasteiger partial charge < -0.3 is 16.0 Å². The number of carbonyl (C=O) groups is 1. The van der Waals surface area contributed by atoms with Crippen LogP contribution in [0.4, 0.5) is 5.69 Å². The molecule has 0 bridgehead atoms. The van der Waals surface area contributed by atoms with E-state index in [4.69, 9.17) is 47.0 Å². The number of benzene rings is 2. The molecule has 8 heteroatoms. The van der Waals surface area contributed by atoms with Gasteiger partial charge in [0.2, 0.25) is 9.70 Å². The van der Waals surface area contributed by atoms with Crippen LogP contribution in [0.1, 0.15) is 16.7 Å². The van der Waals surface area contributed by atoms with Crippen molar-refractivity contribution in [3.8, 4) is 0 Å². The molecule has 28 heavy (non-hydrogen) atoms. The van der Waals surface area contributed by atoms with Gasteiger partial charge in [-0.15, -0.1) is 0 Å². The molecule has 0 aliphatic heterocycles. The second kappa shape index (κ2) is 10.1. The number of amides is 1. The summed E-state index contributed by atoms with van der Waals surface area (Å²) in [6.07, 6.45) is 1.99. The van der Waals surface area contributed by atoms with E-state index in [1.54, 1.807) is 6.08 Å². The van der Waals surface area contributed by atoms with Crippen molar-refractivity contribution in [2.24, 2.45) is 0 Å². The second-order valence-electron chi connectivity index (χ2n) is 6.14. The monoisotopic (exact) mass is 455 g/mol. The Balaban J connectivity index is 2.02. The molecular weight excluding hydrogens is 437 g/mol. The minimum Gasteiger partial charge on any atom is -0.339 e. The lowest BCUT2D eigenvalue weighted by atomic mass is 10.1. The molecule has 0 saturated heterocycles. The smallest absolute Gasteiger partial charge is 0.245 e. The quantitative estimate of drug-likeness (QED) is 0.253. The van der Waals surface area contributed by atoms with Crippen LogP contribution in [0.25, 0.3) is 6.08 Å². The van der Waals surface area contributed by atoms with E-state index < -0.39 is 15.9 Å². The zero-order chi connectivity index (χ0) is 20.7. The van der Waals surface area contributed by atoms with Gasteiger partial charge in [0, 0.05) is 11.8 Å². The predicted molar refractivity (Wildman–Crippen MR) is 123 cm³/mol. The molecule has 2 aromatic carbocycles.